The van der Waals surface area contributed by atoms with Gasteiger partial charge in [-0.25, -0.2) is 0 Å². The number of halogens is 3. The van der Waals surface area contributed by atoms with Crippen LogP contribution >= 0.6 is 0 Å². The maximum absolute atomic E-state index is 12.8. The summed E-state index contributed by atoms with van der Waals surface area (Å²) in [7, 11) is 0. The van der Waals surface area contributed by atoms with Gasteiger partial charge in [-0.3, -0.25) is 9.88 Å². The van der Waals surface area contributed by atoms with Crippen molar-refractivity contribution in [1.82, 2.24) is 14.5 Å². The summed E-state index contributed by atoms with van der Waals surface area (Å²) in [4.78, 5) is 6.80. The van der Waals surface area contributed by atoms with Gasteiger partial charge in [0, 0.05) is 47.5 Å². The molecule has 3 aromatic rings. The number of benzene rings is 1. The molecule has 0 saturated carbocycles. The van der Waals surface area contributed by atoms with Crippen molar-refractivity contribution < 1.29 is 17.9 Å². The smallest absolute Gasteiger partial charge is 0.406 e. The molecule has 5 heterocycles. The number of ether oxygens (including phenoxy) is 1. The van der Waals surface area contributed by atoms with Gasteiger partial charge in [-0.15, -0.1) is 13.2 Å². The molecule has 30 heavy (non-hydrogen) atoms. The lowest BCUT2D eigenvalue weighted by Crippen LogP contribution is -2.29. The number of fused-ring (bicyclic) bond motifs is 3. The van der Waals surface area contributed by atoms with Crippen LogP contribution in [0.2, 0.25) is 0 Å². The number of aryl methyl sites for hydroxylation is 3. The Bertz CT molecular complexity index is 1060. The van der Waals surface area contributed by atoms with Crippen LogP contribution in [0.3, 0.4) is 0 Å². The number of alkyl halides is 3. The fourth-order valence-corrected chi connectivity index (χ4v) is 4.97. The molecule has 0 spiro atoms. The van der Waals surface area contributed by atoms with E-state index < -0.39 is 6.36 Å². The zero-order valence-electron chi connectivity index (χ0n) is 16.9. The van der Waals surface area contributed by atoms with E-state index in [1.165, 1.54) is 17.3 Å². The molecule has 1 fully saturated rings. The quantitative estimate of drug-likeness (QED) is 0.588. The first-order valence-corrected chi connectivity index (χ1v) is 10.4. The number of aromatic nitrogens is 2. The summed E-state index contributed by atoms with van der Waals surface area (Å²) >= 11 is 0. The topological polar surface area (TPSA) is 30.3 Å². The Morgan fingerprint density at radius 2 is 1.93 bits per heavy atom. The van der Waals surface area contributed by atoms with Gasteiger partial charge < -0.3 is 9.30 Å². The molecule has 3 aliphatic rings. The molecule has 0 N–H and O–H groups in total. The molecule has 0 atom stereocenters. The van der Waals surface area contributed by atoms with E-state index in [1.807, 2.05) is 19.2 Å². The number of rotatable bonds is 4. The SMILES string of the molecule is Cc1ccc(CCn2c3c(c4cc(OC(F)(F)F)ccc42)CN2CCC3CC2)cn1. The molecule has 0 aliphatic carbocycles. The van der Waals surface area contributed by atoms with Crippen LogP contribution in [0.1, 0.15) is 41.3 Å². The van der Waals surface area contributed by atoms with Crippen molar-refractivity contribution in [1.29, 1.82) is 0 Å². The summed E-state index contributed by atoms with van der Waals surface area (Å²) in [6.45, 7) is 5.63. The first-order valence-electron chi connectivity index (χ1n) is 10.4. The van der Waals surface area contributed by atoms with Crippen LogP contribution in [0, 0.1) is 6.92 Å². The molecule has 158 valence electrons. The average Bonchev–Trinajstić information content (AvgIpc) is 2.83. The maximum atomic E-state index is 12.8. The third kappa shape index (κ3) is 3.67. The minimum Gasteiger partial charge on any atom is -0.406 e. The molecular formula is C23H24F3N3O. The summed E-state index contributed by atoms with van der Waals surface area (Å²) < 4.78 is 44.9. The molecule has 2 aromatic heterocycles. The Morgan fingerprint density at radius 1 is 1.13 bits per heavy atom. The third-order valence-corrected chi connectivity index (χ3v) is 6.37. The Kier molecular flexibility index (Phi) is 4.73. The highest BCUT2D eigenvalue weighted by atomic mass is 19.4. The van der Waals surface area contributed by atoms with Gasteiger partial charge in [0.05, 0.1) is 0 Å². The van der Waals surface area contributed by atoms with Gasteiger partial charge in [0.2, 0.25) is 0 Å². The zero-order valence-corrected chi connectivity index (χ0v) is 16.9. The van der Waals surface area contributed by atoms with Crippen molar-refractivity contribution in [3.63, 3.8) is 0 Å². The van der Waals surface area contributed by atoms with Crippen LogP contribution < -0.4 is 4.74 Å². The van der Waals surface area contributed by atoms with Gasteiger partial charge in [-0.05, 0) is 74.7 Å². The highest BCUT2D eigenvalue weighted by molar-refractivity contribution is 5.87. The van der Waals surface area contributed by atoms with Gasteiger partial charge in [-0.1, -0.05) is 6.07 Å². The molecule has 4 nitrogen and oxygen atoms in total. The van der Waals surface area contributed by atoms with Gasteiger partial charge in [-0.2, -0.15) is 0 Å². The lowest BCUT2D eigenvalue weighted by atomic mass is 9.94. The number of hydrogen-bond acceptors (Lipinski definition) is 3. The van der Waals surface area contributed by atoms with Crippen LogP contribution in [-0.4, -0.2) is 33.9 Å². The minimum absolute atomic E-state index is 0.149. The lowest BCUT2D eigenvalue weighted by molar-refractivity contribution is -0.274. The predicted octanol–water partition coefficient (Wildman–Crippen LogP) is 5.18. The molecule has 1 aromatic carbocycles. The molecule has 7 heteroatoms. The van der Waals surface area contributed by atoms with Crippen LogP contribution in [0.15, 0.2) is 36.5 Å². The van der Waals surface area contributed by atoms with E-state index in [-0.39, 0.29) is 5.75 Å². The van der Waals surface area contributed by atoms with Crippen LogP contribution in [-0.2, 0) is 19.5 Å². The van der Waals surface area contributed by atoms with Gasteiger partial charge in [0.1, 0.15) is 5.75 Å². The fraction of sp³-hybridized carbons (Fsp3) is 0.435. The van der Waals surface area contributed by atoms with Crippen LogP contribution in [0.5, 0.6) is 5.75 Å². The molecule has 2 bridgehead atoms. The summed E-state index contributed by atoms with van der Waals surface area (Å²) in [5.41, 5.74) is 5.61. The second-order valence-electron chi connectivity index (χ2n) is 8.35. The van der Waals surface area contributed by atoms with Gasteiger partial charge >= 0.3 is 6.36 Å². The number of pyridine rings is 1. The zero-order chi connectivity index (χ0) is 20.9. The van der Waals surface area contributed by atoms with E-state index >= 15 is 0 Å². The molecule has 6 rings (SSSR count). The first-order chi connectivity index (χ1) is 14.4. The molecule has 0 radical (unpaired) electrons. The van der Waals surface area contributed by atoms with E-state index in [0.29, 0.717) is 5.92 Å². The second kappa shape index (κ2) is 7.30. The molecular weight excluding hydrogens is 391 g/mol. The standard InChI is InChI=1S/C23H24F3N3O/c1-15-2-3-16(13-27-15)6-11-29-21-5-4-18(30-23(24,25)26)12-19(21)20-14-28-9-7-17(8-10-28)22(20)29/h2-5,12-13,17H,6-11,14H2,1H3. The largest absolute Gasteiger partial charge is 0.573 e. The van der Waals surface area contributed by atoms with Crippen LogP contribution in [0.25, 0.3) is 10.9 Å². The minimum atomic E-state index is -4.69. The Balaban J connectivity index is 1.58. The summed E-state index contributed by atoms with van der Waals surface area (Å²) in [6.07, 6.45) is 0.254. The van der Waals surface area contributed by atoms with Gasteiger partial charge in [0.25, 0.3) is 0 Å². The van der Waals surface area contributed by atoms with E-state index in [1.54, 1.807) is 12.1 Å². The van der Waals surface area contributed by atoms with Crippen molar-refractivity contribution >= 4 is 10.9 Å². The van der Waals surface area contributed by atoms with Crippen molar-refractivity contribution in [2.24, 2.45) is 0 Å². The summed E-state index contributed by atoms with van der Waals surface area (Å²) in [5.74, 6) is 0.304. The molecule has 0 amide bonds. The summed E-state index contributed by atoms with van der Waals surface area (Å²) in [5, 5.41) is 0.882. The van der Waals surface area contributed by atoms with E-state index in [9.17, 15) is 13.2 Å². The Hall–Kier alpha value is -2.54. The average molecular weight is 415 g/mol. The number of hydrogen-bond donors (Lipinski definition) is 0. The highest BCUT2D eigenvalue weighted by Crippen LogP contribution is 2.42. The monoisotopic (exact) mass is 415 g/mol. The van der Waals surface area contributed by atoms with Crippen molar-refractivity contribution in [2.45, 2.75) is 51.6 Å². The van der Waals surface area contributed by atoms with Crippen LogP contribution in [0.4, 0.5) is 13.2 Å². The number of nitrogens with zero attached hydrogens (tertiary/aromatic N) is 3. The van der Waals surface area contributed by atoms with Gasteiger partial charge in [0.15, 0.2) is 0 Å². The van der Waals surface area contributed by atoms with E-state index in [4.69, 9.17) is 0 Å². The Morgan fingerprint density at radius 3 is 2.63 bits per heavy atom. The molecule has 0 unspecified atom stereocenters. The van der Waals surface area contributed by atoms with E-state index in [2.05, 4.69) is 25.3 Å². The first kappa shape index (κ1) is 19.4. The maximum Gasteiger partial charge on any atom is 0.573 e. The van der Waals surface area contributed by atoms with Crippen molar-refractivity contribution in [2.75, 3.05) is 13.1 Å². The third-order valence-electron chi connectivity index (χ3n) is 6.37. The lowest BCUT2D eigenvalue weighted by Gasteiger charge is -2.27. The second-order valence-corrected chi connectivity index (χ2v) is 8.35. The Labute approximate surface area is 173 Å². The predicted molar refractivity (Wildman–Crippen MR) is 109 cm³/mol. The van der Waals surface area contributed by atoms with E-state index in [0.717, 1.165) is 67.6 Å². The normalized spacial score (nSPS) is 20.9. The summed E-state index contributed by atoms with van der Waals surface area (Å²) in [6, 6.07) is 8.88. The molecule has 3 aliphatic heterocycles. The number of piperidine rings is 1. The highest BCUT2D eigenvalue weighted by Gasteiger charge is 2.34. The molecule has 1 saturated heterocycles. The van der Waals surface area contributed by atoms with Crippen molar-refractivity contribution in [3.05, 3.63) is 59.0 Å². The van der Waals surface area contributed by atoms with Crippen molar-refractivity contribution in [3.8, 4) is 5.75 Å². The fourth-order valence-electron chi connectivity index (χ4n) is 4.97.